The molecule has 1 aliphatic rings. The SMILES string of the molecule is N#Cc1ccc(NC(=O)COc2cccc(C(=O)Nc3nc4c(s3)CC(NC(=O)O)CC4)c2)cc1. The van der Waals surface area contributed by atoms with Crippen molar-refractivity contribution in [3.8, 4) is 11.8 Å². The molecule has 0 saturated carbocycles. The van der Waals surface area contributed by atoms with Gasteiger partial charge in [-0.1, -0.05) is 6.07 Å². The fourth-order valence-corrected chi connectivity index (χ4v) is 4.68. The molecular weight excluding hydrogens is 470 g/mol. The smallest absolute Gasteiger partial charge is 0.404 e. The Morgan fingerprint density at radius 3 is 2.71 bits per heavy atom. The lowest BCUT2D eigenvalue weighted by Crippen LogP contribution is -2.37. The normalized spacial score (nSPS) is 14.2. The minimum Gasteiger partial charge on any atom is -0.484 e. The summed E-state index contributed by atoms with van der Waals surface area (Å²) in [5.41, 5.74) is 2.25. The van der Waals surface area contributed by atoms with Crippen molar-refractivity contribution < 1.29 is 24.2 Å². The van der Waals surface area contributed by atoms with E-state index in [1.807, 2.05) is 6.07 Å². The number of carbonyl (C=O) groups is 3. The molecule has 0 fully saturated rings. The molecule has 0 bridgehead atoms. The van der Waals surface area contributed by atoms with Crippen LogP contribution in [0.4, 0.5) is 15.6 Å². The lowest BCUT2D eigenvalue weighted by molar-refractivity contribution is -0.118. The molecule has 1 atom stereocenters. The Kier molecular flexibility index (Phi) is 7.23. The summed E-state index contributed by atoms with van der Waals surface area (Å²) in [6.45, 7) is -0.254. The van der Waals surface area contributed by atoms with Gasteiger partial charge in [0, 0.05) is 28.6 Å². The Balaban J connectivity index is 1.32. The Bertz CT molecular complexity index is 1300. The third-order valence-electron chi connectivity index (χ3n) is 5.25. The highest BCUT2D eigenvalue weighted by Crippen LogP contribution is 2.30. The van der Waals surface area contributed by atoms with Crippen molar-refractivity contribution in [2.24, 2.45) is 0 Å². The molecular formula is C24H21N5O5S. The first-order valence-electron chi connectivity index (χ1n) is 10.7. The molecule has 0 radical (unpaired) electrons. The molecule has 0 spiro atoms. The van der Waals surface area contributed by atoms with Gasteiger partial charge in [0.1, 0.15) is 5.75 Å². The third kappa shape index (κ3) is 6.33. The maximum atomic E-state index is 12.7. The van der Waals surface area contributed by atoms with Crippen molar-refractivity contribution in [2.75, 3.05) is 17.2 Å². The molecule has 1 unspecified atom stereocenters. The summed E-state index contributed by atoms with van der Waals surface area (Å²) >= 11 is 1.33. The fourth-order valence-electron chi connectivity index (χ4n) is 3.60. The summed E-state index contributed by atoms with van der Waals surface area (Å²) in [5.74, 6) is -0.397. The number of nitrogens with one attached hydrogen (secondary N) is 3. The van der Waals surface area contributed by atoms with E-state index in [2.05, 4.69) is 20.9 Å². The molecule has 1 aliphatic carbocycles. The molecule has 1 aromatic heterocycles. The van der Waals surface area contributed by atoms with Gasteiger partial charge < -0.3 is 20.5 Å². The number of carbonyl (C=O) groups excluding carboxylic acids is 2. The highest BCUT2D eigenvalue weighted by molar-refractivity contribution is 7.15. The first kappa shape index (κ1) is 23.7. The van der Waals surface area contributed by atoms with Gasteiger partial charge in [0.25, 0.3) is 11.8 Å². The number of amides is 3. The molecule has 10 nitrogen and oxygen atoms in total. The number of nitriles is 1. The van der Waals surface area contributed by atoms with Crippen LogP contribution in [0.5, 0.6) is 5.75 Å². The number of rotatable bonds is 7. The van der Waals surface area contributed by atoms with E-state index in [1.165, 1.54) is 17.4 Å². The number of aryl methyl sites for hydroxylation is 1. The van der Waals surface area contributed by atoms with Gasteiger partial charge in [-0.25, -0.2) is 9.78 Å². The van der Waals surface area contributed by atoms with Crippen LogP contribution in [0.15, 0.2) is 48.5 Å². The number of thiazole rings is 1. The molecule has 35 heavy (non-hydrogen) atoms. The summed E-state index contributed by atoms with van der Waals surface area (Å²) in [5, 5.41) is 26.1. The number of benzene rings is 2. The van der Waals surface area contributed by atoms with Crippen molar-refractivity contribution in [1.29, 1.82) is 5.26 Å². The zero-order valence-electron chi connectivity index (χ0n) is 18.4. The summed E-state index contributed by atoms with van der Waals surface area (Å²) < 4.78 is 5.52. The van der Waals surface area contributed by atoms with E-state index >= 15 is 0 Å². The van der Waals surface area contributed by atoms with Crippen LogP contribution in [0.3, 0.4) is 0 Å². The minimum atomic E-state index is -1.05. The van der Waals surface area contributed by atoms with E-state index in [1.54, 1.807) is 42.5 Å². The van der Waals surface area contributed by atoms with E-state index in [9.17, 15) is 14.4 Å². The van der Waals surface area contributed by atoms with E-state index in [0.29, 0.717) is 47.0 Å². The van der Waals surface area contributed by atoms with Crippen molar-refractivity contribution in [3.63, 3.8) is 0 Å². The average Bonchev–Trinajstić information content (AvgIpc) is 3.24. The van der Waals surface area contributed by atoms with Crippen LogP contribution in [0.2, 0.25) is 0 Å². The Morgan fingerprint density at radius 2 is 1.97 bits per heavy atom. The summed E-state index contributed by atoms with van der Waals surface area (Å²) in [6.07, 6.45) is 0.795. The van der Waals surface area contributed by atoms with Crippen LogP contribution in [-0.2, 0) is 17.6 Å². The monoisotopic (exact) mass is 491 g/mol. The van der Waals surface area contributed by atoms with Gasteiger partial charge in [0.05, 0.1) is 17.3 Å². The molecule has 2 aromatic carbocycles. The number of anilines is 2. The zero-order chi connectivity index (χ0) is 24.8. The second kappa shape index (κ2) is 10.7. The summed E-state index contributed by atoms with van der Waals surface area (Å²) in [6, 6.07) is 14.7. The van der Waals surface area contributed by atoms with Crippen LogP contribution in [-0.4, -0.2) is 40.6 Å². The predicted molar refractivity (Wildman–Crippen MR) is 129 cm³/mol. The highest BCUT2D eigenvalue weighted by atomic mass is 32.1. The molecule has 3 aromatic rings. The number of carboxylic acid groups (broad SMARTS) is 1. The number of hydrogen-bond acceptors (Lipinski definition) is 7. The van der Waals surface area contributed by atoms with Crippen molar-refractivity contribution in [2.45, 2.75) is 25.3 Å². The van der Waals surface area contributed by atoms with Crippen LogP contribution in [0, 0.1) is 11.3 Å². The topological polar surface area (TPSA) is 153 Å². The van der Waals surface area contributed by atoms with Gasteiger partial charge in [-0.2, -0.15) is 5.26 Å². The zero-order valence-corrected chi connectivity index (χ0v) is 19.2. The molecule has 3 amide bonds. The van der Waals surface area contributed by atoms with Crippen LogP contribution in [0.1, 0.15) is 32.9 Å². The predicted octanol–water partition coefficient (Wildman–Crippen LogP) is 3.41. The lowest BCUT2D eigenvalue weighted by Gasteiger charge is -2.20. The van der Waals surface area contributed by atoms with Crippen LogP contribution >= 0.6 is 11.3 Å². The van der Waals surface area contributed by atoms with E-state index in [0.717, 1.165) is 10.6 Å². The number of fused-ring (bicyclic) bond motifs is 1. The van der Waals surface area contributed by atoms with Crippen LogP contribution in [0.25, 0.3) is 0 Å². The lowest BCUT2D eigenvalue weighted by atomic mass is 9.98. The highest BCUT2D eigenvalue weighted by Gasteiger charge is 2.24. The standard InChI is InChI=1S/C24H21N5O5S/c25-12-14-4-6-16(7-5-14)26-21(30)13-34-18-3-1-2-15(10-18)22(31)29-23-28-19-9-8-17(27-24(32)33)11-20(19)35-23/h1-7,10,17,27H,8-9,11,13H2,(H,26,30)(H,32,33)(H,28,29,31). The number of nitrogens with zero attached hydrogens (tertiary/aromatic N) is 2. The summed E-state index contributed by atoms with van der Waals surface area (Å²) in [7, 11) is 0. The Labute approximate surface area is 204 Å². The van der Waals surface area contributed by atoms with E-state index in [4.69, 9.17) is 15.1 Å². The minimum absolute atomic E-state index is 0.160. The van der Waals surface area contributed by atoms with Gasteiger partial charge in [-0.05, 0) is 55.3 Å². The van der Waals surface area contributed by atoms with Crippen molar-refractivity contribution in [3.05, 3.63) is 70.2 Å². The van der Waals surface area contributed by atoms with E-state index in [-0.39, 0.29) is 24.5 Å². The Morgan fingerprint density at radius 1 is 1.17 bits per heavy atom. The maximum absolute atomic E-state index is 12.7. The van der Waals surface area contributed by atoms with Gasteiger partial charge in [0.15, 0.2) is 11.7 Å². The second-order valence-corrected chi connectivity index (χ2v) is 8.87. The maximum Gasteiger partial charge on any atom is 0.404 e. The second-order valence-electron chi connectivity index (χ2n) is 7.79. The largest absolute Gasteiger partial charge is 0.484 e. The number of ether oxygens (including phenoxy) is 1. The number of aromatic nitrogens is 1. The van der Waals surface area contributed by atoms with Gasteiger partial charge >= 0.3 is 6.09 Å². The molecule has 1 heterocycles. The molecule has 0 saturated heterocycles. The van der Waals surface area contributed by atoms with Gasteiger partial charge in [-0.3, -0.25) is 14.9 Å². The third-order valence-corrected chi connectivity index (χ3v) is 6.29. The van der Waals surface area contributed by atoms with Gasteiger partial charge in [0.2, 0.25) is 0 Å². The Hall–Kier alpha value is -4.43. The molecule has 0 aliphatic heterocycles. The number of hydrogen-bond donors (Lipinski definition) is 4. The molecule has 11 heteroatoms. The van der Waals surface area contributed by atoms with Crippen molar-refractivity contribution in [1.82, 2.24) is 10.3 Å². The molecule has 4 N–H and O–H groups in total. The fraction of sp³-hybridized carbons (Fsp3) is 0.208. The van der Waals surface area contributed by atoms with E-state index < -0.39 is 6.09 Å². The average molecular weight is 492 g/mol. The summed E-state index contributed by atoms with van der Waals surface area (Å²) in [4.78, 5) is 41.2. The first-order valence-corrected chi connectivity index (χ1v) is 11.5. The van der Waals surface area contributed by atoms with Gasteiger partial charge in [-0.15, -0.1) is 11.3 Å². The van der Waals surface area contributed by atoms with Crippen molar-refractivity contribution >= 4 is 40.1 Å². The molecule has 4 rings (SSSR count). The quantitative estimate of drug-likeness (QED) is 0.395. The first-order chi connectivity index (χ1) is 16.9. The molecule has 178 valence electrons. The van der Waals surface area contributed by atoms with Crippen LogP contribution < -0.4 is 20.7 Å².